The third kappa shape index (κ3) is 1.72. The number of halogens is 1. The van der Waals surface area contributed by atoms with Crippen molar-refractivity contribution in [3.8, 4) is 11.3 Å². The van der Waals surface area contributed by atoms with Crippen molar-refractivity contribution in [3.05, 3.63) is 59.7 Å². The Kier molecular flexibility index (Phi) is 2.64. The van der Waals surface area contributed by atoms with Crippen molar-refractivity contribution in [3.63, 3.8) is 0 Å². The summed E-state index contributed by atoms with van der Waals surface area (Å²) < 4.78 is 1.75. The highest BCUT2D eigenvalue weighted by Gasteiger charge is 2.10. The third-order valence-electron chi connectivity index (χ3n) is 3.32. The standard InChI is InChI=1S/C16H14ClN/c1-11-7-8-12(2)14(9-11)16-10-13-5-3-4-6-15(13)18(16)17/h3-10H,1-2H3. The van der Waals surface area contributed by atoms with Crippen LogP contribution in [0.4, 0.5) is 0 Å². The van der Waals surface area contributed by atoms with Crippen LogP contribution in [0, 0.1) is 13.8 Å². The highest BCUT2D eigenvalue weighted by molar-refractivity contribution is 6.21. The van der Waals surface area contributed by atoms with Crippen LogP contribution in [-0.4, -0.2) is 4.09 Å². The first-order valence-corrected chi connectivity index (χ1v) is 6.35. The fraction of sp³-hybridized carbons (Fsp3) is 0.125. The molecule has 0 aliphatic rings. The first-order chi connectivity index (χ1) is 8.66. The number of benzene rings is 2. The normalized spacial score (nSPS) is 11.1. The van der Waals surface area contributed by atoms with Crippen molar-refractivity contribution in [1.82, 2.24) is 4.09 Å². The van der Waals surface area contributed by atoms with Gasteiger partial charge in [-0.05, 0) is 37.6 Å². The van der Waals surface area contributed by atoms with E-state index in [2.05, 4.69) is 44.2 Å². The highest BCUT2D eigenvalue weighted by Crippen LogP contribution is 2.31. The molecule has 0 unspecified atom stereocenters. The molecular formula is C16H14ClN. The number of rotatable bonds is 1. The molecule has 0 saturated heterocycles. The minimum absolute atomic E-state index is 1.05. The Morgan fingerprint density at radius 3 is 2.50 bits per heavy atom. The van der Waals surface area contributed by atoms with Crippen molar-refractivity contribution in [2.75, 3.05) is 0 Å². The van der Waals surface area contributed by atoms with Gasteiger partial charge in [0, 0.05) is 22.7 Å². The molecule has 1 aromatic heterocycles. The molecule has 0 bridgehead atoms. The summed E-state index contributed by atoms with van der Waals surface area (Å²) >= 11 is 6.43. The van der Waals surface area contributed by atoms with E-state index in [1.165, 1.54) is 22.1 Å². The molecular weight excluding hydrogens is 242 g/mol. The van der Waals surface area contributed by atoms with Crippen LogP contribution in [0.5, 0.6) is 0 Å². The van der Waals surface area contributed by atoms with Gasteiger partial charge in [-0.3, -0.25) is 4.09 Å². The molecule has 3 rings (SSSR count). The Morgan fingerprint density at radius 2 is 1.72 bits per heavy atom. The van der Waals surface area contributed by atoms with Gasteiger partial charge in [0.15, 0.2) is 0 Å². The van der Waals surface area contributed by atoms with E-state index < -0.39 is 0 Å². The van der Waals surface area contributed by atoms with Gasteiger partial charge >= 0.3 is 0 Å². The molecule has 2 aromatic carbocycles. The van der Waals surface area contributed by atoms with Crippen molar-refractivity contribution < 1.29 is 0 Å². The summed E-state index contributed by atoms with van der Waals surface area (Å²) in [6.45, 7) is 4.22. The SMILES string of the molecule is Cc1ccc(C)c(-c2cc3ccccc3n2Cl)c1. The zero-order valence-corrected chi connectivity index (χ0v) is 11.2. The molecule has 0 N–H and O–H groups in total. The van der Waals surface area contributed by atoms with Crippen LogP contribution >= 0.6 is 11.8 Å². The van der Waals surface area contributed by atoms with E-state index in [1.54, 1.807) is 4.09 Å². The lowest BCUT2D eigenvalue weighted by Crippen LogP contribution is -1.89. The van der Waals surface area contributed by atoms with E-state index in [0.29, 0.717) is 0 Å². The summed E-state index contributed by atoms with van der Waals surface area (Å²) in [6, 6.07) is 16.8. The molecule has 0 aliphatic heterocycles. The van der Waals surface area contributed by atoms with Crippen molar-refractivity contribution >= 4 is 22.7 Å². The van der Waals surface area contributed by atoms with E-state index in [9.17, 15) is 0 Å². The van der Waals surface area contributed by atoms with Crippen LogP contribution < -0.4 is 0 Å². The maximum absolute atomic E-state index is 6.43. The van der Waals surface area contributed by atoms with Crippen LogP contribution in [-0.2, 0) is 0 Å². The summed E-state index contributed by atoms with van der Waals surface area (Å²) in [5.74, 6) is 0. The molecule has 90 valence electrons. The molecule has 1 heterocycles. The molecule has 2 heteroatoms. The van der Waals surface area contributed by atoms with E-state index in [0.717, 1.165) is 11.2 Å². The predicted molar refractivity (Wildman–Crippen MR) is 78.1 cm³/mol. The largest absolute Gasteiger partial charge is 0.252 e. The van der Waals surface area contributed by atoms with Gasteiger partial charge in [0.25, 0.3) is 0 Å². The quantitative estimate of drug-likeness (QED) is 0.581. The topological polar surface area (TPSA) is 4.93 Å². The second-order valence-corrected chi connectivity index (χ2v) is 5.03. The van der Waals surface area contributed by atoms with Gasteiger partial charge in [-0.1, -0.05) is 35.9 Å². The maximum atomic E-state index is 6.43. The summed E-state index contributed by atoms with van der Waals surface area (Å²) in [5, 5.41) is 1.17. The molecule has 0 fully saturated rings. The molecule has 18 heavy (non-hydrogen) atoms. The lowest BCUT2D eigenvalue weighted by Gasteiger charge is -2.07. The van der Waals surface area contributed by atoms with Crippen LogP contribution in [0.1, 0.15) is 11.1 Å². The second-order valence-electron chi connectivity index (χ2n) is 4.69. The molecule has 0 radical (unpaired) electrons. The Labute approximate surface area is 112 Å². The van der Waals surface area contributed by atoms with Gasteiger partial charge in [-0.25, -0.2) is 0 Å². The summed E-state index contributed by atoms with van der Waals surface area (Å²) in [6.07, 6.45) is 0. The number of hydrogen-bond acceptors (Lipinski definition) is 0. The minimum Gasteiger partial charge on any atom is -0.252 e. The van der Waals surface area contributed by atoms with Crippen LogP contribution in [0.2, 0.25) is 0 Å². The van der Waals surface area contributed by atoms with Crippen molar-refractivity contribution in [2.24, 2.45) is 0 Å². The predicted octanol–water partition coefficient (Wildman–Crippen LogP) is 4.93. The molecule has 0 atom stereocenters. The summed E-state index contributed by atoms with van der Waals surface area (Å²) in [5.41, 5.74) is 5.79. The van der Waals surface area contributed by atoms with E-state index in [1.807, 2.05) is 18.2 Å². The number of fused-ring (bicyclic) bond motifs is 1. The minimum atomic E-state index is 1.05. The lowest BCUT2D eigenvalue weighted by molar-refractivity contribution is 1.29. The van der Waals surface area contributed by atoms with E-state index in [-0.39, 0.29) is 0 Å². The summed E-state index contributed by atoms with van der Waals surface area (Å²) in [7, 11) is 0. The number of para-hydroxylation sites is 1. The average Bonchev–Trinajstić information content (AvgIpc) is 2.71. The van der Waals surface area contributed by atoms with Crippen molar-refractivity contribution in [1.29, 1.82) is 0 Å². The Hall–Kier alpha value is -1.73. The van der Waals surface area contributed by atoms with E-state index >= 15 is 0 Å². The molecule has 0 aliphatic carbocycles. The van der Waals surface area contributed by atoms with Gasteiger partial charge in [0.1, 0.15) is 0 Å². The van der Waals surface area contributed by atoms with Gasteiger partial charge in [-0.15, -0.1) is 0 Å². The molecule has 0 amide bonds. The Morgan fingerprint density at radius 1 is 0.944 bits per heavy atom. The Balaban J connectivity index is 2.31. The molecule has 0 saturated carbocycles. The first kappa shape index (κ1) is 11.4. The number of aryl methyl sites for hydroxylation is 2. The van der Waals surface area contributed by atoms with Gasteiger partial charge < -0.3 is 0 Å². The van der Waals surface area contributed by atoms with E-state index in [4.69, 9.17) is 11.8 Å². The third-order valence-corrected chi connectivity index (χ3v) is 3.69. The number of aromatic nitrogens is 1. The molecule has 3 aromatic rings. The van der Waals surface area contributed by atoms with Gasteiger partial charge in [0.2, 0.25) is 0 Å². The fourth-order valence-electron chi connectivity index (χ4n) is 2.32. The first-order valence-electron chi connectivity index (χ1n) is 6.01. The zero-order valence-electron chi connectivity index (χ0n) is 10.4. The Bertz CT molecular complexity index is 725. The lowest BCUT2D eigenvalue weighted by atomic mass is 10.0. The second kappa shape index (κ2) is 4.18. The van der Waals surface area contributed by atoms with Crippen LogP contribution in [0.15, 0.2) is 48.5 Å². The molecule has 1 nitrogen and oxygen atoms in total. The monoisotopic (exact) mass is 255 g/mol. The molecule has 0 spiro atoms. The zero-order chi connectivity index (χ0) is 12.7. The summed E-state index contributed by atoms with van der Waals surface area (Å²) in [4.78, 5) is 0. The maximum Gasteiger partial charge on any atom is 0.0663 e. The van der Waals surface area contributed by atoms with Gasteiger partial charge in [-0.2, -0.15) is 0 Å². The average molecular weight is 256 g/mol. The number of nitrogens with zero attached hydrogens (tertiary/aromatic N) is 1. The van der Waals surface area contributed by atoms with Crippen molar-refractivity contribution in [2.45, 2.75) is 13.8 Å². The highest BCUT2D eigenvalue weighted by atomic mass is 35.5. The fourth-order valence-corrected chi connectivity index (χ4v) is 2.61. The van der Waals surface area contributed by atoms with Crippen LogP contribution in [0.3, 0.4) is 0 Å². The number of hydrogen-bond donors (Lipinski definition) is 0. The van der Waals surface area contributed by atoms with Gasteiger partial charge in [0.05, 0.1) is 11.2 Å². The van der Waals surface area contributed by atoms with Crippen LogP contribution in [0.25, 0.3) is 22.2 Å². The smallest absolute Gasteiger partial charge is 0.0663 e.